The van der Waals surface area contributed by atoms with E-state index in [0.29, 0.717) is 35.9 Å². The van der Waals surface area contributed by atoms with E-state index < -0.39 is 0 Å². The van der Waals surface area contributed by atoms with Gasteiger partial charge in [0.05, 0.1) is 29.0 Å². The molecule has 0 spiro atoms. The van der Waals surface area contributed by atoms with Gasteiger partial charge in [-0.05, 0) is 18.6 Å². The van der Waals surface area contributed by atoms with Crippen molar-refractivity contribution in [3.8, 4) is 5.75 Å². The number of halogens is 1. The van der Waals surface area contributed by atoms with Gasteiger partial charge in [0.2, 0.25) is 0 Å². The lowest BCUT2D eigenvalue weighted by molar-refractivity contribution is -0.117. The smallest absolute Gasteiger partial charge is 0.257 e. The Bertz CT molecular complexity index is 840. The van der Waals surface area contributed by atoms with Crippen LogP contribution in [-0.4, -0.2) is 60.9 Å². The number of hydrogen-bond donors (Lipinski definition) is 2. The van der Waals surface area contributed by atoms with Crippen LogP contribution in [0, 0.1) is 5.41 Å². The van der Waals surface area contributed by atoms with E-state index in [4.69, 9.17) is 26.6 Å². The summed E-state index contributed by atoms with van der Waals surface area (Å²) in [4.78, 5) is 20.0. The van der Waals surface area contributed by atoms with E-state index in [0.717, 1.165) is 16.8 Å². The second-order valence-electron chi connectivity index (χ2n) is 6.67. The van der Waals surface area contributed by atoms with E-state index >= 15 is 0 Å². The van der Waals surface area contributed by atoms with E-state index in [9.17, 15) is 4.79 Å². The van der Waals surface area contributed by atoms with Gasteiger partial charge in [-0.2, -0.15) is 0 Å². The molecule has 28 heavy (non-hydrogen) atoms. The molecule has 0 saturated carbocycles. The van der Waals surface area contributed by atoms with Crippen LogP contribution < -0.4 is 10.1 Å². The third-order valence-electron chi connectivity index (χ3n) is 4.42. The number of amidine groups is 1. The Kier molecular flexibility index (Phi) is 6.51. The van der Waals surface area contributed by atoms with Gasteiger partial charge in [-0.15, -0.1) is 23.4 Å². The Morgan fingerprint density at radius 1 is 1.50 bits per heavy atom. The largest absolute Gasteiger partial charge is 0.496 e. The van der Waals surface area contributed by atoms with Crippen LogP contribution in [0.3, 0.4) is 0 Å². The number of carbonyl (C=O) groups is 1. The van der Waals surface area contributed by atoms with E-state index in [1.165, 1.54) is 11.8 Å². The number of nitrogens with zero attached hydrogens (tertiary/aromatic N) is 2. The number of rotatable bonds is 6. The van der Waals surface area contributed by atoms with E-state index in [1.54, 1.807) is 12.0 Å². The summed E-state index contributed by atoms with van der Waals surface area (Å²) in [5, 5.41) is 15.2. The minimum Gasteiger partial charge on any atom is -0.496 e. The van der Waals surface area contributed by atoms with Gasteiger partial charge in [-0.1, -0.05) is 17.3 Å². The zero-order valence-corrected chi connectivity index (χ0v) is 17.6. The number of allylic oxidation sites excluding steroid dienone is 1. The van der Waals surface area contributed by atoms with Crippen LogP contribution >= 0.6 is 23.4 Å². The molecule has 2 aliphatic rings. The fourth-order valence-corrected chi connectivity index (χ4v) is 4.12. The predicted octanol–water partition coefficient (Wildman–Crippen LogP) is 2.78. The van der Waals surface area contributed by atoms with Crippen molar-refractivity contribution in [1.82, 2.24) is 10.2 Å². The topological polar surface area (TPSA) is 87.0 Å². The molecule has 2 N–H and O–H groups in total. The molecule has 7 nitrogen and oxygen atoms in total. The molecular formula is C19H23ClN4O3S. The summed E-state index contributed by atoms with van der Waals surface area (Å²) >= 11 is 7.37. The standard InChI is InChI=1S/C19H23ClN4O3S/c1-24(2)18(21)11-4-5-13(15(8-11)26-3)14-9-12(27-23-14)10-22-19(25)16-6-7-17(20)28-16/h4-6,8,12,17,21H,7,9-10H2,1-3H3,(H,22,25). The maximum atomic E-state index is 12.2. The average molecular weight is 423 g/mol. The molecule has 2 unspecified atom stereocenters. The summed E-state index contributed by atoms with van der Waals surface area (Å²) in [6, 6.07) is 5.57. The number of amides is 1. The Hall–Kier alpha value is -2.19. The Balaban J connectivity index is 1.60. The molecule has 2 aliphatic heterocycles. The number of alkyl halides is 1. The minimum atomic E-state index is -0.234. The molecule has 0 saturated heterocycles. The summed E-state index contributed by atoms with van der Waals surface area (Å²) in [5.74, 6) is 0.902. The van der Waals surface area contributed by atoms with E-state index in [1.807, 2.05) is 38.4 Å². The van der Waals surface area contributed by atoms with Gasteiger partial charge in [-0.25, -0.2) is 0 Å². The fourth-order valence-electron chi connectivity index (χ4n) is 2.91. The number of methoxy groups -OCH3 is 1. The summed E-state index contributed by atoms with van der Waals surface area (Å²) in [6.07, 6.45) is 2.88. The highest BCUT2D eigenvalue weighted by Crippen LogP contribution is 2.34. The molecule has 0 radical (unpaired) electrons. The van der Waals surface area contributed by atoms with Crippen LogP contribution in [0.15, 0.2) is 34.3 Å². The molecule has 0 fully saturated rings. The summed E-state index contributed by atoms with van der Waals surface area (Å²) in [6.45, 7) is 0.363. The van der Waals surface area contributed by atoms with Gasteiger partial charge in [0.25, 0.3) is 5.91 Å². The fraction of sp³-hybridized carbons (Fsp3) is 0.421. The number of hydrogen-bond acceptors (Lipinski definition) is 6. The van der Waals surface area contributed by atoms with Crippen molar-refractivity contribution in [2.45, 2.75) is 23.7 Å². The third kappa shape index (κ3) is 4.62. The molecule has 9 heteroatoms. The molecule has 1 aromatic carbocycles. The molecule has 0 bridgehead atoms. The van der Waals surface area contributed by atoms with Gasteiger partial charge in [0.1, 0.15) is 17.7 Å². The number of oxime groups is 1. The van der Waals surface area contributed by atoms with Crippen molar-refractivity contribution in [2.75, 3.05) is 27.7 Å². The van der Waals surface area contributed by atoms with Gasteiger partial charge in [0, 0.05) is 31.6 Å². The van der Waals surface area contributed by atoms with Gasteiger partial charge < -0.3 is 19.8 Å². The van der Waals surface area contributed by atoms with Gasteiger partial charge in [-0.3, -0.25) is 10.2 Å². The molecule has 3 rings (SSSR count). The minimum absolute atomic E-state index is 0.0668. The Labute approximate surface area is 173 Å². The quantitative estimate of drug-likeness (QED) is 0.418. The predicted molar refractivity (Wildman–Crippen MR) is 112 cm³/mol. The van der Waals surface area contributed by atoms with Crippen molar-refractivity contribution < 1.29 is 14.4 Å². The lowest BCUT2D eigenvalue weighted by atomic mass is 10.0. The van der Waals surface area contributed by atoms with Crippen molar-refractivity contribution in [3.05, 3.63) is 40.3 Å². The first-order valence-corrected chi connectivity index (χ1v) is 10.2. The van der Waals surface area contributed by atoms with E-state index in [-0.39, 0.29) is 16.7 Å². The zero-order chi connectivity index (χ0) is 20.3. The summed E-state index contributed by atoms with van der Waals surface area (Å²) < 4.78 is 5.43. The lowest BCUT2D eigenvalue weighted by Gasteiger charge is -2.16. The second kappa shape index (κ2) is 8.87. The average Bonchev–Trinajstić information content (AvgIpc) is 3.34. The van der Waals surface area contributed by atoms with E-state index in [2.05, 4.69) is 10.5 Å². The normalized spacial score (nSPS) is 20.9. The molecule has 0 aromatic heterocycles. The second-order valence-corrected chi connectivity index (χ2v) is 8.70. The van der Waals surface area contributed by atoms with Crippen LogP contribution in [0.25, 0.3) is 0 Å². The summed E-state index contributed by atoms with van der Waals surface area (Å²) in [5.41, 5.74) is 2.34. The molecule has 150 valence electrons. The molecule has 1 aromatic rings. The number of nitrogens with one attached hydrogen (secondary N) is 2. The first-order chi connectivity index (χ1) is 13.4. The monoisotopic (exact) mass is 422 g/mol. The lowest BCUT2D eigenvalue weighted by Crippen LogP contribution is -2.32. The number of benzene rings is 1. The van der Waals surface area contributed by atoms with Crippen LogP contribution in [0.2, 0.25) is 0 Å². The van der Waals surface area contributed by atoms with Crippen LogP contribution in [0.1, 0.15) is 24.0 Å². The van der Waals surface area contributed by atoms with Crippen LogP contribution in [-0.2, 0) is 9.63 Å². The maximum Gasteiger partial charge on any atom is 0.257 e. The number of carbonyl (C=O) groups excluding carboxylic acids is 1. The van der Waals surface area contributed by atoms with Crippen molar-refractivity contribution >= 4 is 40.8 Å². The Morgan fingerprint density at radius 3 is 2.93 bits per heavy atom. The highest BCUT2D eigenvalue weighted by Gasteiger charge is 2.27. The van der Waals surface area contributed by atoms with Crippen LogP contribution in [0.5, 0.6) is 5.75 Å². The highest BCUT2D eigenvalue weighted by atomic mass is 35.5. The Morgan fingerprint density at radius 2 is 2.29 bits per heavy atom. The van der Waals surface area contributed by atoms with Crippen molar-refractivity contribution in [3.63, 3.8) is 0 Å². The first kappa shape index (κ1) is 20.5. The number of ether oxygens (including phenoxy) is 1. The van der Waals surface area contributed by atoms with Crippen molar-refractivity contribution in [2.24, 2.45) is 5.16 Å². The van der Waals surface area contributed by atoms with Crippen molar-refractivity contribution in [1.29, 1.82) is 5.41 Å². The van der Waals surface area contributed by atoms with Crippen LogP contribution in [0.4, 0.5) is 0 Å². The number of thioether (sulfide) groups is 1. The molecule has 1 amide bonds. The highest BCUT2D eigenvalue weighted by molar-refractivity contribution is 8.05. The molecule has 0 aliphatic carbocycles. The SMILES string of the molecule is COc1cc(C(=N)N(C)C)ccc1C1=NOC(CNC(=O)C2=CCC(Cl)S2)C1. The molecular weight excluding hydrogens is 400 g/mol. The molecule has 2 atom stereocenters. The van der Waals surface area contributed by atoms with Gasteiger partial charge in [0.15, 0.2) is 0 Å². The first-order valence-electron chi connectivity index (χ1n) is 8.85. The summed E-state index contributed by atoms with van der Waals surface area (Å²) in [7, 11) is 5.24. The van der Waals surface area contributed by atoms with Gasteiger partial charge >= 0.3 is 0 Å². The third-order valence-corrected chi connectivity index (χ3v) is 5.92. The maximum absolute atomic E-state index is 12.2. The molecule has 2 heterocycles. The zero-order valence-electron chi connectivity index (χ0n) is 16.0.